The van der Waals surface area contributed by atoms with Gasteiger partial charge in [-0.3, -0.25) is 4.79 Å². The normalized spacial score (nSPS) is 19.3. The number of aromatic nitrogens is 4. The highest BCUT2D eigenvalue weighted by atomic mass is 16.5. The molecule has 3 aromatic heterocycles. The monoisotopic (exact) mass is 486 g/mol. The van der Waals surface area contributed by atoms with E-state index in [-0.39, 0.29) is 12.2 Å². The van der Waals surface area contributed by atoms with E-state index >= 15 is 0 Å². The molecule has 10 nitrogen and oxygen atoms in total. The van der Waals surface area contributed by atoms with E-state index < -0.39 is 23.7 Å². The molecule has 3 N–H and O–H groups in total. The smallest absolute Gasteiger partial charge is 0.262 e. The molecule has 1 unspecified atom stereocenters. The van der Waals surface area contributed by atoms with Crippen LogP contribution in [0.25, 0.3) is 22.8 Å². The third-order valence-electron chi connectivity index (χ3n) is 6.28. The highest BCUT2D eigenvalue weighted by Crippen LogP contribution is 2.34. The Morgan fingerprint density at radius 2 is 1.75 bits per heavy atom. The van der Waals surface area contributed by atoms with E-state index in [4.69, 9.17) is 4.52 Å². The quantitative estimate of drug-likeness (QED) is 0.360. The van der Waals surface area contributed by atoms with E-state index in [0.29, 0.717) is 35.3 Å². The summed E-state index contributed by atoms with van der Waals surface area (Å²) in [6.07, 6.45) is 1.18. The van der Waals surface area contributed by atoms with Crippen LogP contribution in [0, 0.1) is 0 Å². The SMILES string of the molecule is C[C@@H](O)[C@H](Nc1nccc(-c2cccc(-c3cc(C4(O)CCN(C)C4=O)on3)n2)n1)c1ccccc1. The topological polar surface area (TPSA) is 138 Å². The first kappa shape index (κ1) is 23.6. The van der Waals surface area contributed by atoms with Gasteiger partial charge in [0.05, 0.1) is 29.2 Å². The third-order valence-corrected chi connectivity index (χ3v) is 6.28. The Bertz CT molecular complexity index is 1380. The number of hydrogen-bond acceptors (Lipinski definition) is 9. The molecule has 1 fully saturated rings. The molecule has 5 rings (SSSR count). The minimum Gasteiger partial charge on any atom is -0.391 e. The van der Waals surface area contributed by atoms with Crippen LogP contribution in [-0.4, -0.2) is 60.8 Å². The molecule has 0 radical (unpaired) electrons. The molecular formula is C26H26N6O4. The first-order valence-electron chi connectivity index (χ1n) is 11.6. The summed E-state index contributed by atoms with van der Waals surface area (Å²) in [6.45, 7) is 2.14. The van der Waals surface area contributed by atoms with Gasteiger partial charge in [-0.05, 0) is 30.7 Å². The van der Waals surface area contributed by atoms with Gasteiger partial charge in [0.25, 0.3) is 5.91 Å². The number of hydrogen-bond donors (Lipinski definition) is 3. The van der Waals surface area contributed by atoms with E-state index in [1.807, 2.05) is 42.5 Å². The van der Waals surface area contributed by atoms with Crippen molar-refractivity contribution in [1.29, 1.82) is 0 Å². The van der Waals surface area contributed by atoms with Gasteiger partial charge in [-0.1, -0.05) is 41.6 Å². The number of likely N-dealkylation sites (tertiary alicyclic amines) is 1. The van der Waals surface area contributed by atoms with Gasteiger partial charge >= 0.3 is 0 Å². The number of carbonyl (C=O) groups excluding carboxylic acids is 1. The van der Waals surface area contributed by atoms with Crippen molar-refractivity contribution in [2.45, 2.75) is 31.1 Å². The zero-order chi connectivity index (χ0) is 25.3. The number of anilines is 1. The summed E-state index contributed by atoms with van der Waals surface area (Å²) in [4.78, 5) is 27.4. The molecule has 36 heavy (non-hydrogen) atoms. The van der Waals surface area contributed by atoms with Gasteiger partial charge in [-0.15, -0.1) is 0 Å². The molecule has 4 heterocycles. The van der Waals surface area contributed by atoms with Gasteiger partial charge in [0.2, 0.25) is 11.5 Å². The van der Waals surface area contributed by atoms with Gasteiger partial charge in [0, 0.05) is 32.3 Å². The fourth-order valence-electron chi connectivity index (χ4n) is 4.25. The Labute approximate surface area is 207 Å². The Hall–Kier alpha value is -4.15. The van der Waals surface area contributed by atoms with Crippen molar-refractivity contribution < 1.29 is 19.5 Å². The number of carbonyl (C=O) groups is 1. The third kappa shape index (κ3) is 4.43. The number of aliphatic hydroxyl groups excluding tert-OH is 1. The van der Waals surface area contributed by atoms with Crippen LogP contribution in [0.2, 0.25) is 0 Å². The number of amides is 1. The summed E-state index contributed by atoms with van der Waals surface area (Å²) in [5.74, 6) is 0.0286. The lowest BCUT2D eigenvalue weighted by molar-refractivity contribution is -0.144. The Balaban J connectivity index is 1.40. The van der Waals surface area contributed by atoms with E-state index in [2.05, 4.69) is 25.4 Å². The molecule has 3 atom stereocenters. The second-order valence-corrected chi connectivity index (χ2v) is 8.86. The highest BCUT2D eigenvalue weighted by molar-refractivity contribution is 5.87. The summed E-state index contributed by atoms with van der Waals surface area (Å²) in [7, 11) is 1.64. The predicted molar refractivity (Wildman–Crippen MR) is 131 cm³/mol. The first-order valence-corrected chi connectivity index (χ1v) is 11.6. The fraction of sp³-hybridized carbons (Fsp3) is 0.269. The predicted octanol–water partition coefficient (Wildman–Crippen LogP) is 2.78. The van der Waals surface area contributed by atoms with Crippen molar-refractivity contribution in [1.82, 2.24) is 25.0 Å². The second-order valence-electron chi connectivity index (χ2n) is 8.86. The van der Waals surface area contributed by atoms with Crippen LogP contribution in [0.1, 0.15) is 30.7 Å². The van der Waals surface area contributed by atoms with Crippen LogP contribution >= 0.6 is 0 Å². The van der Waals surface area contributed by atoms with Crippen molar-refractivity contribution in [3.05, 3.63) is 78.2 Å². The first-order chi connectivity index (χ1) is 17.3. The van der Waals surface area contributed by atoms with Gasteiger partial charge in [-0.25, -0.2) is 15.0 Å². The fourth-order valence-corrected chi connectivity index (χ4v) is 4.25. The maximum Gasteiger partial charge on any atom is 0.262 e. The second kappa shape index (κ2) is 9.48. The van der Waals surface area contributed by atoms with Crippen LogP contribution in [0.5, 0.6) is 0 Å². The summed E-state index contributed by atoms with van der Waals surface area (Å²) >= 11 is 0. The van der Waals surface area contributed by atoms with Crippen molar-refractivity contribution in [3.8, 4) is 22.8 Å². The summed E-state index contributed by atoms with van der Waals surface area (Å²) < 4.78 is 5.35. The lowest BCUT2D eigenvalue weighted by atomic mass is 9.98. The summed E-state index contributed by atoms with van der Waals surface area (Å²) in [5, 5.41) is 28.4. The lowest BCUT2D eigenvalue weighted by Gasteiger charge is -2.22. The maximum atomic E-state index is 12.4. The Kier molecular flexibility index (Phi) is 6.21. The molecule has 1 aliphatic heterocycles. The van der Waals surface area contributed by atoms with Crippen LogP contribution < -0.4 is 5.32 Å². The number of pyridine rings is 1. The molecule has 0 bridgehead atoms. The number of aliphatic hydroxyl groups is 2. The van der Waals surface area contributed by atoms with Crippen molar-refractivity contribution in [2.24, 2.45) is 0 Å². The van der Waals surface area contributed by atoms with Crippen LogP contribution in [-0.2, 0) is 10.4 Å². The lowest BCUT2D eigenvalue weighted by Crippen LogP contribution is -2.35. The zero-order valence-electron chi connectivity index (χ0n) is 19.9. The molecule has 1 aliphatic rings. The molecule has 0 saturated carbocycles. The minimum atomic E-state index is -1.72. The molecular weight excluding hydrogens is 460 g/mol. The van der Waals surface area contributed by atoms with Gasteiger partial charge in [0.1, 0.15) is 5.69 Å². The average Bonchev–Trinajstić information content (AvgIpc) is 3.50. The molecule has 0 spiro atoms. The average molecular weight is 487 g/mol. The van der Waals surface area contributed by atoms with Gasteiger partial charge < -0.3 is 25.0 Å². The van der Waals surface area contributed by atoms with Crippen molar-refractivity contribution >= 4 is 11.9 Å². The highest BCUT2D eigenvalue weighted by Gasteiger charge is 2.48. The van der Waals surface area contributed by atoms with Crippen LogP contribution in [0.3, 0.4) is 0 Å². The zero-order valence-corrected chi connectivity index (χ0v) is 19.9. The largest absolute Gasteiger partial charge is 0.391 e. The maximum absolute atomic E-state index is 12.4. The summed E-state index contributed by atoms with van der Waals surface area (Å²) in [5.41, 5.74) is 1.24. The number of benzene rings is 1. The van der Waals surface area contributed by atoms with E-state index in [1.165, 1.54) is 4.90 Å². The Morgan fingerprint density at radius 3 is 2.44 bits per heavy atom. The molecule has 4 aromatic rings. The van der Waals surface area contributed by atoms with Crippen LogP contribution in [0.4, 0.5) is 5.95 Å². The van der Waals surface area contributed by atoms with Gasteiger partial charge in [-0.2, -0.15) is 0 Å². The molecule has 1 saturated heterocycles. The molecule has 0 aliphatic carbocycles. The number of rotatable bonds is 7. The molecule has 10 heteroatoms. The van der Waals surface area contributed by atoms with Gasteiger partial charge in [0.15, 0.2) is 5.76 Å². The van der Waals surface area contributed by atoms with E-state index in [1.54, 1.807) is 38.4 Å². The number of nitrogens with one attached hydrogen (secondary N) is 1. The molecule has 184 valence electrons. The van der Waals surface area contributed by atoms with Crippen molar-refractivity contribution in [3.63, 3.8) is 0 Å². The molecule has 1 aromatic carbocycles. The number of likely N-dealkylation sites (N-methyl/N-ethyl adjacent to an activating group) is 1. The van der Waals surface area contributed by atoms with E-state index in [9.17, 15) is 15.0 Å². The number of nitrogens with zero attached hydrogens (tertiary/aromatic N) is 5. The van der Waals surface area contributed by atoms with E-state index in [0.717, 1.165) is 5.56 Å². The van der Waals surface area contributed by atoms with Crippen molar-refractivity contribution in [2.75, 3.05) is 18.9 Å². The standard InChI is InChI=1S/C26H26N6O4/c1-16(33)23(17-7-4-3-5-8-17)30-25-27-13-11-20(29-25)18-9-6-10-19(28-18)21-15-22(36-31-21)26(35)12-14-32(2)24(26)34/h3-11,13,15-16,23,33,35H,12,14H2,1-2H3,(H,27,29,30)/t16-,23+,26?/m1/s1. The van der Waals surface area contributed by atoms with Crippen LogP contribution in [0.15, 0.2) is 71.4 Å². The minimum absolute atomic E-state index is 0.0950. The molecule has 1 amide bonds. The Morgan fingerprint density at radius 1 is 1.03 bits per heavy atom. The summed E-state index contributed by atoms with van der Waals surface area (Å²) in [6, 6.07) is 17.9.